The maximum atomic E-state index is 13.0. The smallest absolute Gasteiger partial charge is 0.410 e. The molecule has 1 amide bonds. The third kappa shape index (κ3) is 2.65. The number of likely N-dealkylation sites (tertiary alicyclic amines) is 1. The zero-order valence-corrected chi connectivity index (χ0v) is 16.0. The first-order chi connectivity index (χ1) is 11.7. The Kier molecular flexibility index (Phi) is 3.51. The molecule has 2 aromatic rings. The number of carbonyl (C=O) groups excluding carboxylic acids is 1. The van der Waals surface area contributed by atoms with Crippen molar-refractivity contribution in [2.24, 2.45) is 0 Å². The second-order valence-electron chi connectivity index (χ2n) is 7.82. The van der Waals surface area contributed by atoms with Crippen LogP contribution in [0.5, 0.6) is 0 Å². The SMILES string of the molecule is CC(C)(C)OC(=O)N1CCC2(CCc3nc4nc(Br)[nH]n4c(=O)c32)C1. The van der Waals surface area contributed by atoms with Crippen molar-refractivity contribution in [3.63, 3.8) is 0 Å². The minimum absolute atomic E-state index is 0.123. The molecule has 8 nitrogen and oxygen atoms in total. The van der Waals surface area contributed by atoms with Gasteiger partial charge in [0.1, 0.15) is 5.60 Å². The van der Waals surface area contributed by atoms with E-state index in [1.54, 1.807) is 4.90 Å². The van der Waals surface area contributed by atoms with Crippen molar-refractivity contribution in [3.8, 4) is 0 Å². The summed E-state index contributed by atoms with van der Waals surface area (Å²) in [5.41, 5.74) is 0.523. The molecule has 0 saturated carbocycles. The van der Waals surface area contributed by atoms with Gasteiger partial charge in [-0.2, -0.15) is 9.50 Å². The molecule has 1 spiro atoms. The van der Waals surface area contributed by atoms with E-state index in [2.05, 4.69) is 31.0 Å². The highest BCUT2D eigenvalue weighted by molar-refractivity contribution is 9.10. The molecule has 1 aliphatic carbocycles. The van der Waals surface area contributed by atoms with Crippen molar-refractivity contribution in [2.45, 2.75) is 51.0 Å². The number of fused-ring (bicyclic) bond motifs is 3. The van der Waals surface area contributed by atoms with Crippen LogP contribution in [0.2, 0.25) is 0 Å². The number of halogens is 1. The molecule has 0 aromatic carbocycles. The number of rotatable bonds is 0. The van der Waals surface area contributed by atoms with Gasteiger partial charge < -0.3 is 9.64 Å². The Labute approximate surface area is 152 Å². The molecule has 2 aliphatic rings. The molecule has 134 valence electrons. The van der Waals surface area contributed by atoms with Gasteiger partial charge in [-0.25, -0.2) is 9.78 Å². The Morgan fingerprint density at radius 1 is 1.32 bits per heavy atom. The fourth-order valence-electron chi connectivity index (χ4n) is 3.89. The second-order valence-corrected chi connectivity index (χ2v) is 8.57. The minimum Gasteiger partial charge on any atom is -0.444 e. The van der Waals surface area contributed by atoms with Gasteiger partial charge in [0, 0.05) is 24.1 Å². The summed E-state index contributed by atoms with van der Waals surface area (Å²) in [6.07, 6.45) is 1.97. The molecule has 1 atom stereocenters. The highest BCUT2D eigenvalue weighted by Gasteiger charge is 2.49. The van der Waals surface area contributed by atoms with Crippen molar-refractivity contribution < 1.29 is 9.53 Å². The van der Waals surface area contributed by atoms with Crippen LogP contribution in [0.3, 0.4) is 0 Å². The summed E-state index contributed by atoms with van der Waals surface area (Å²) >= 11 is 3.24. The number of carbonyl (C=O) groups is 1. The number of hydrogen-bond donors (Lipinski definition) is 1. The van der Waals surface area contributed by atoms with E-state index in [9.17, 15) is 9.59 Å². The van der Waals surface area contributed by atoms with Crippen LogP contribution in [0, 0.1) is 0 Å². The second kappa shape index (κ2) is 5.30. The quantitative estimate of drug-likeness (QED) is 0.717. The van der Waals surface area contributed by atoms with Crippen LogP contribution in [-0.2, 0) is 16.6 Å². The predicted octanol–water partition coefficient (Wildman–Crippen LogP) is 2.00. The fourth-order valence-corrected chi connectivity index (χ4v) is 4.23. The molecule has 2 aromatic heterocycles. The van der Waals surface area contributed by atoms with E-state index >= 15 is 0 Å². The van der Waals surface area contributed by atoms with Gasteiger partial charge in [0.15, 0.2) is 4.73 Å². The molecule has 1 unspecified atom stereocenters. The number of aromatic nitrogens is 4. The summed E-state index contributed by atoms with van der Waals surface area (Å²) in [5.74, 6) is 0.370. The summed E-state index contributed by atoms with van der Waals surface area (Å²) < 4.78 is 7.32. The first-order valence-electron chi connectivity index (χ1n) is 8.34. The maximum Gasteiger partial charge on any atom is 0.410 e. The molecular weight excluding hydrogens is 390 g/mol. The number of aromatic amines is 1. The van der Waals surface area contributed by atoms with E-state index in [0.29, 0.717) is 29.2 Å². The van der Waals surface area contributed by atoms with Crippen LogP contribution in [-0.4, -0.2) is 49.3 Å². The average Bonchev–Trinajstić information content (AvgIpc) is 3.16. The zero-order valence-electron chi connectivity index (χ0n) is 14.4. The van der Waals surface area contributed by atoms with Gasteiger partial charge in [0.05, 0.1) is 5.69 Å². The van der Waals surface area contributed by atoms with Gasteiger partial charge in [-0.15, -0.1) is 0 Å². The number of nitrogens with one attached hydrogen (secondary N) is 1. The summed E-state index contributed by atoms with van der Waals surface area (Å²) in [4.78, 5) is 35.8. The van der Waals surface area contributed by atoms with Crippen molar-refractivity contribution in [3.05, 3.63) is 26.3 Å². The largest absolute Gasteiger partial charge is 0.444 e. The molecule has 1 fully saturated rings. The van der Waals surface area contributed by atoms with Crippen LogP contribution in [0.25, 0.3) is 5.78 Å². The van der Waals surface area contributed by atoms with Crippen LogP contribution < -0.4 is 5.56 Å². The molecule has 0 radical (unpaired) electrons. The number of aryl methyl sites for hydroxylation is 1. The normalized spacial score (nSPS) is 22.8. The Morgan fingerprint density at radius 2 is 2.08 bits per heavy atom. The molecule has 1 N–H and O–H groups in total. The molecule has 9 heteroatoms. The van der Waals surface area contributed by atoms with Crippen molar-refractivity contribution in [1.82, 2.24) is 24.5 Å². The summed E-state index contributed by atoms with van der Waals surface area (Å²) in [5, 5.41) is 2.87. The molecule has 25 heavy (non-hydrogen) atoms. The molecular formula is C16H20BrN5O3. The number of ether oxygens (including phenoxy) is 1. The van der Waals surface area contributed by atoms with Crippen molar-refractivity contribution in [2.75, 3.05) is 13.1 Å². The van der Waals surface area contributed by atoms with Gasteiger partial charge in [0.25, 0.3) is 11.3 Å². The Morgan fingerprint density at radius 3 is 2.80 bits per heavy atom. The van der Waals surface area contributed by atoms with Crippen molar-refractivity contribution in [1.29, 1.82) is 0 Å². The van der Waals surface area contributed by atoms with E-state index in [-0.39, 0.29) is 17.1 Å². The third-order valence-corrected chi connectivity index (χ3v) is 5.27. The average molecular weight is 410 g/mol. The summed E-state index contributed by atoms with van der Waals surface area (Å²) in [6, 6.07) is 0. The first-order valence-corrected chi connectivity index (χ1v) is 9.13. The lowest BCUT2D eigenvalue weighted by Crippen LogP contribution is -2.39. The molecule has 1 aliphatic heterocycles. The maximum absolute atomic E-state index is 13.0. The molecule has 0 bridgehead atoms. The number of hydrogen-bond acceptors (Lipinski definition) is 5. The van der Waals surface area contributed by atoms with E-state index in [0.717, 1.165) is 25.0 Å². The van der Waals surface area contributed by atoms with E-state index in [4.69, 9.17) is 4.74 Å². The lowest BCUT2D eigenvalue weighted by Gasteiger charge is -2.27. The summed E-state index contributed by atoms with van der Waals surface area (Å²) in [6.45, 7) is 6.64. The number of amides is 1. The highest BCUT2D eigenvalue weighted by atomic mass is 79.9. The van der Waals surface area contributed by atoms with Crippen LogP contribution in [0.15, 0.2) is 9.53 Å². The third-order valence-electron chi connectivity index (χ3n) is 4.92. The van der Waals surface area contributed by atoms with Gasteiger partial charge in [0.2, 0.25) is 0 Å². The van der Waals surface area contributed by atoms with Gasteiger partial charge in [-0.05, 0) is 56.0 Å². The van der Waals surface area contributed by atoms with Gasteiger partial charge in [-0.1, -0.05) is 0 Å². The molecule has 1 saturated heterocycles. The minimum atomic E-state index is -0.532. The van der Waals surface area contributed by atoms with E-state index in [1.165, 1.54) is 4.52 Å². The first kappa shape index (κ1) is 16.6. The molecule has 4 rings (SSSR count). The number of H-pyrrole nitrogens is 1. The topological polar surface area (TPSA) is 92.6 Å². The Bertz CT molecular complexity index is 928. The zero-order chi connectivity index (χ0) is 18.0. The van der Waals surface area contributed by atoms with Gasteiger partial charge >= 0.3 is 6.09 Å². The van der Waals surface area contributed by atoms with Crippen LogP contribution >= 0.6 is 15.9 Å². The summed E-state index contributed by atoms with van der Waals surface area (Å²) in [7, 11) is 0. The van der Waals surface area contributed by atoms with Crippen LogP contribution in [0.4, 0.5) is 4.79 Å². The highest BCUT2D eigenvalue weighted by Crippen LogP contribution is 2.43. The van der Waals surface area contributed by atoms with Crippen LogP contribution in [0.1, 0.15) is 44.9 Å². The van der Waals surface area contributed by atoms with E-state index in [1.807, 2.05) is 20.8 Å². The fraction of sp³-hybridized carbons (Fsp3) is 0.625. The predicted molar refractivity (Wildman–Crippen MR) is 93.7 cm³/mol. The van der Waals surface area contributed by atoms with Crippen molar-refractivity contribution >= 4 is 27.8 Å². The van der Waals surface area contributed by atoms with E-state index < -0.39 is 5.60 Å². The standard InChI is InChI=1S/C16H20BrN5O3/c1-15(2,3)25-14(24)21-7-6-16(8-21)5-4-9-10(16)11(23)22-13(18-9)19-12(17)20-22/h4-8H2,1-3H3,(H,18,19,20). The lowest BCUT2D eigenvalue weighted by atomic mass is 9.82. The lowest BCUT2D eigenvalue weighted by molar-refractivity contribution is 0.0284. The molecule has 3 heterocycles. The number of nitrogens with zero attached hydrogens (tertiary/aromatic N) is 4. The Balaban J connectivity index is 1.70. The van der Waals surface area contributed by atoms with Gasteiger partial charge in [-0.3, -0.25) is 9.89 Å². The monoisotopic (exact) mass is 409 g/mol. The Hall–Kier alpha value is -1.90.